The first-order valence-electron chi connectivity index (χ1n) is 5.05. The van der Waals surface area contributed by atoms with Crippen LogP contribution in [0.4, 0.5) is 0 Å². The number of hydrogen-bond acceptors (Lipinski definition) is 3. The van der Waals surface area contributed by atoms with Crippen LogP contribution in [0, 0.1) is 6.92 Å². The Bertz CT molecular complexity index is 386. The molecule has 5 heteroatoms. The van der Waals surface area contributed by atoms with Crippen LogP contribution in [0.5, 0.6) is 0 Å². The quantitative estimate of drug-likeness (QED) is 0.704. The smallest absolute Gasteiger partial charge is 0.257 e. The van der Waals surface area contributed by atoms with E-state index in [0.29, 0.717) is 25.1 Å². The van der Waals surface area contributed by atoms with Crippen molar-refractivity contribution in [2.75, 3.05) is 13.1 Å². The van der Waals surface area contributed by atoms with E-state index in [4.69, 9.17) is 0 Å². The minimum absolute atomic E-state index is 0.0304. The van der Waals surface area contributed by atoms with Gasteiger partial charge in [0.25, 0.3) is 5.91 Å². The molecule has 0 radical (unpaired) electrons. The molecule has 0 spiro atoms. The molecule has 5 nitrogen and oxygen atoms in total. The third-order valence-electron chi connectivity index (χ3n) is 2.69. The van der Waals surface area contributed by atoms with Gasteiger partial charge < -0.3 is 10.0 Å². The second-order valence-electron chi connectivity index (χ2n) is 4.00. The van der Waals surface area contributed by atoms with Crippen LogP contribution in [0.25, 0.3) is 0 Å². The molecule has 0 saturated carbocycles. The second kappa shape index (κ2) is 3.66. The number of aliphatic hydroxyl groups excluding tert-OH is 1. The fraction of sp³-hybridized carbons (Fsp3) is 0.600. The first kappa shape index (κ1) is 10.2. The third-order valence-corrected chi connectivity index (χ3v) is 2.69. The summed E-state index contributed by atoms with van der Waals surface area (Å²) in [6.07, 6.45) is 2.03. The molecule has 1 aliphatic heterocycles. The van der Waals surface area contributed by atoms with Gasteiger partial charge in [0.2, 0.25) is 0 Å². The van der Waals surface area contributed by atoms with Crippen LogP contribution in [-0.4, -0.2) is 44.9 Å². The van der Waals surface area contributed by atoms with E-state index in [2.05, 4.69) is 5.10 Å². The number of β-amino-alcohol motifs (C(OH)–C–C–N with tert-alkyl or cyclic N) is 1. The molecule has 1 amide bonds. The Labute approximate surface area is 88.3 Å². The molecule has 0 bridgehead atoms. The van der Waals surface area contributed by atoms with Crippen LogP contribution in [-0.2, 0) is 7.05 Å². The number of likely N-dealkylation sites (tertiary alicyclic amines) is 1. The number of aryl methyl sites for hydroxylation is 2. The van der Waals surface area contributed by atoms with E-state index in [1.165, 1.54) is 0 Å². The highest BCUT2D eigenvalue weighted by Gasteiger charge is 2.27. The van der Waals surface area contributed by atoms with Crippen LogP contribution in [0.1, 0.15) is 22.5 Å². The van der Waals surface area contributed by atoms with Crippen LogP contribution >= 0.6 is 0 Å². The first-order chi connectivity index (χ1) is 7.08. The average Bonchev–Trinajstić information content (AvgIpc) is 2.71. The third kappa shape index (κ3) is 1.87. The fourth-order valence-corrected chi connectivity index (χ4v) is 1.91. The predicted molar refractivity (Wildman–Crippen MR) is 54.5 cm³/mol. The summed E-state index contributed by atoms with van der Waals surface area (Å²) < 4.78 is 1.63. The van der Waals surface area contributed by atoms with Crippen molar-refractivity contribution in [2.45, 2.75) is 19.4 Å². The van der Waals surface area contributed by atoms with Crippen LogP contribution in [0.15, 0.2) is 6.20 Å². The van der Waals surface area contributed by atoms with E-state index < -0.39 is 0 Å². The van der Waals surface area contributed by atoms with Crippen molar-refractivity contribution in [3.05, 3.63) is 17.5 Å². The lowest BCUT2D eigenvalue weighted by molar-refractivity contribution is 0.0764. The van der Waals surface area contributed by atoms with Crippen molar-refractivity contribution in [1.82, 2.24) is 14.7 Å². The zero-order valence-corrected chi connectivity index (χ0v) is 8.97. The zero-order valence-electron chi connectivity index (χ0n) is 8.97. The van der Waals surface area contributed by atoms with Crippen molar-refractivity contribution >= 4 is 5.91 Å². The summed E-state index contributed by atoms with van der Waals surface area (Å²) in [5.41, 5.74) is 1.37. The Balaban J connectivity index is 2.17. The molecule has 82 valence electrons. The molecule has 2 heterocycles. The lowest BCUT2D eigenvalue weighted by atomic mass is 10.2. The largest absolute Gasteiger partial charge is 0.391 e. The van der Waals surface area contributed by atoms with Crippen molar-refractivity contribution in [3.8, 4) is 0 Å². The fourth-order valence-electron chi connectivity index (χ4n) is 1.91. The van der Waals surface area contributed by atoms with Gasteiger partial charge in [-0.1, -0.05) is 0 Å². The Morgan fingerprint density at radius 1 is 1.67 bits per heavy atom. The standard InChI is InChI=1S/C10H15N3O2/c1-7-9(6-12(2)11-7)10(15)13-4-3-8(14)5-13/h6,8,14H,3-5H2,1-2H3/t8-/m0/s1. The molecule has 1 atom stereocenters. The van der Waals surface area contributed by atoms with E-state index in [0.717, 1.165) is 5.69 Å². The van der Waals surface area contributed by atoms with Gasteiger partial charge in [-0.2, -0.15) is 5.10 Å². The van der Waals surface area contributed by atoms with E-state index in [1.807, 2.05) is 6.92 Å². The van der Waals surface area contributed by atoms with Gasteiger partial charge in [0, 0.05) is 26.3 Å². The van der Waals surface area contributed by atoms with Gasteiger partial charge in [-0.3, -0.25) is 9.48 Å². The van der Waals surface area contributed by atoms with E-state index >= 15 is 0 Å². The molecule has 2 rings (SSSR count). The Hall–Kier alpha value is -1.36. The summed E-state index contributed by atoms with van der Waals surface area (Å²) in [6, 6.07) is 0. The number of rotatable bonds is 1. The van der Waals surface area contributed by atoms with E-state index in [9.17, 15) is 9.90 Å². The van der Waals surface area contributed by atoms with Crippen molar-refractivity contribution < 1.29 is 9.90 Å². The number of carbonyl (C=O) groups excluding carboxylic acids is 1. The van der Waals surface area contributed by atoms with E-state index in [1.54, 1.807) is 22.8 Å². The molecule has 0 aliphatic carbocycles. The highest BCUT2D eigenvalue weighted by atomic mass is 16.3. The molecule has 1 saturated heterocycles. The molecular formula is C10H15N3O2. The zero-order chi connectivity index (χ0) is 11.0. The molecule has 0 unspecified atom stereocenters. The molecule has 1 aliphatic rings. The molecule has 0 aromatic carbocycles. The minimum atomic E-state index is -0.370. The van der Waals surface area contributed by atoms with Gasteiger partial charge in [0.05, 0.1) is 17.4 Å². The number of amides is 1. The molecule has 1 aromatic heterocycles. The lowest BCUT2D eigenvalue weighted by Gasteiger charge is -2.14. The minimum Gasteiger partial charge on any atom is -0.391 e. The van der Waals surface area contributed by atoms with Crippen LogP contribution in [0.3, 0.4) is 0 Å². The summed E-state index contributed by atoms with van der Waals surface area (Å²) in [5.74, 6) is -0.0304. The number of hydrogen-bond donors (Lipinski definition) is 1. The highest BCUT2D eigenvalue weighted by Crippen LogP contribution is 2.15. The average molecular weight is 209 g/mol. The summed E-state index contributed by atoms with van der Waals surface area (Å²) in [6.45, 7) is 2.89. The monoisotopic (exact) mass is 209 g/mol. The number of aromatic nitrogens is 2. The Morgan fingerprint density at radius 2 is 2.40 bits per heavy atom. The SMILES string of the molecule is Cc1nn(C)cc1C(=O)N1CC[C@H](O)C1. The first-order valence-corrected chi connectivity index (χ1v) is 5.05. The van der Waals surface area contributed by atoms with Crippen molar-refractivity contribution in [3.63, 3.8) is 0 Å². The van der Waals surface area contributed by atoms with Gasteiger partial charge in [-0.05, 0) is 13.3 Å². The van der Waals surface area contributed by atoms with Gasteiger partial charge in [0.1, 0.15) is 0 Å². The number of nitrogens with zero attached hydrogens (tertiary/aromatic N) is 3. The molecular weight excluding hydrogens is 194 g/mol. The number of carbonyl (C=O) groups is 1. The van der Waals surface area contributed by atoms with Crippen molar-refractivity contribution in [1.29, 1.82) is 0 Å². The van der Waals surface area contributed by atoms with Gasteiger partial charge in [-0.25, -0.2) is 0 Å². The van der Waals surface area contributed by atoms with Crippen LogP contribution in [0.2, 0.25) is 0 Å². The summed E-state index contributed by atoms with van der Waals surface area (Å²) in [7, 11) is 1.79. The molecule has 15 heavy (non-hydrogen) atoms. The summed E-state index contributed by atoms with van der Waals surface area (Å²) in [4.78, 5) is 13.7. The topological polar surface area (TPSA) is 58.4 Å². The molecule has 1 N–H and O–H groups in total. The normalized spacial score (nSPS) is 21.0. The second-order valence-corrected chi connectivity index (χ2v) is 4.00. The van der Waals surface area contributed by atoms with Crippen LogP contribution < -0.4 is 0 Å². The maximum atomic E-state index is 12.0. The summed E-state index contributed by atoms with van der Waals surface area (Å²) >= 11 is 0. The Morgan fingerprint density at radius 3 is 2.87 bits per heavy atom. The van der Waals surface area contributed by atoms with E-state index in [-0.39, 0.29) is 12.0 Å². The van der Waals surface area contributed by atoms with Gasteiger partial charge >= 0.3 is 0 Å². The predicted octanol–water partition coefficient (Wildman–Crippen LogP) is -0.0647. The summed E-state index contributed by atoms with van der Waals surface area (Å²) in [5, 5.41) is 13.5. The number of aliphatic hydroxyl groups is 1. The van der Waals surface area contributed by atoms with Gasteiger partial charge in [0.15, 0.2) is 0 Å². The maximum Gasteiger partial charge on any atom is 0.257 e. The lowest BCUT2D eigenvalue weighted by Crippen LogP contribution is -2.29. The van der Waals surface area contributed by atoms with Crippen molar-refractivity contribution in [2.24, 2.45) is 7.05 Å². The van der Waals surface area contributed by atoms with Gasteiger partial charge in [-0.15, -0.1) is 0 Å². The Kier molecular flexibility index (Phi) is 2.48. The highest BCUT2D eigenvalue weighted by molar-refractivity contribution is 5.95. The maximum absolute atomic E-state index is 12.0. The molecule has 1 fully saturated rings. The molecule has 1 aromatic rings.